The van der Waals surface area contributed by atoms with E-state index in [0.717, 1.165) is 18.6 Å². The fourth-order valence-corrected chi connectivity index (χ4v) is 3.06. The smallest absolute Gasteiger partial charge is 0.245 e. The van der Waals surface area contributed by atoms with Crippen molar-refractivity contribution >= 4 is 29.4 Å². The first kappa shape index (κ1) is 12.4. The van der Waals surface area contributed by atoms with Crippen LogP contribution in [0.5, 0.6) is 0 Å². The first-order valence-corrected chi connectivity index (χ1v) is 6.96. The standard InChI is InChI=1S/C12H17N2O2S/c1-3-5-7-14-11(15)10-9(6-8-17-10)13(4-2)12(14)16/h6,8,10H,3-5,7H2,1-2H3/q+1. The summed E-state index contributed by atoms with van der Waals surface area (Å²) in [5, 5.41) is 1.70. The Morgan fingerprint density at radius 1 is 1.41 bits per heavy atom. The van der Waals surface area contributed by atoms with E-state index in [1.54, 1.807) is 4.58 Å². The summed E-state index contributed by atoms with van der Waals surface area (Å²) in [4.78, 5) is 25.8. The van der Waals surface area contributed by atoms with Crippen molar-refractivity contribution in [3.63, 3.8) is 0 Å². The van der Waals surface area contributed by atoms with Crippen LogP contribution in [0.1, 0.15) is 26.7 Å². The highest BCUT2D eigenvalue weighted by atomic mass is 32.2. The Bertz CT molecular complexity index is 415. The van der Waals surface area contributed by atoms with E-state index in [2.05, 4.69) is 6.92 Å². The van der Waals surface area contributed by atoms with Crippen molar-refractivity contribution in [1.82, 2.24) is 4.90 Å². The highest BCUT2D eigenvalue weighted by Crippen LogP contribution is 2.27. The van der Waals surface area contributed by atoms with Crippen LogP contribution in [0.25, 0.3) is 0 Å². The molecule has 0 radical (unpaired) electrons. The summed E-state index contributed by atoms with van der Waals surface area (Å²) in [6, 6.07) is -0.163. The zero-order valence-corrected chi connectivity index (χ0v) is 11.0. The molecule has 2 aliphatic heterocycles. The molecule has 2 heterocycles. The Balaban J connectivity index is 2.30. The third-order valence-electron chi connectivity index (χ3n) is 3.04. The lowest BCUT2D eigenvalue weighted by molar-refractivity contribution is -0.433. The molecular formula is C12H17N2O2S+. The van der Waals surface area contributed by atoms with Crippen LogP contribution in [0, 0.1) is 0 Å². The number of imide groups is 1. The zero-order chi connectivity index (χ0) is 12.4. The topological polar surface area (TPSA) is 40.4 Å². The van der Waals surface area contributed by atoms with Gasteiger partial charge in [0.1, 0.15) is 5.71 Å². The van der Waals surface area contributed by atoms with E-state index in [9.17, 15) is 9.59 Å². The Morgan fingerprint density at radius 3 is 2.82 bits per heavy atom. The minimum atomic E-state index is -0.204. The lowest BCUT2D eigenvalue weighted by atomic mass is 10.1. The molecule has 1 unspecified atom stereocenters. The molecule has 0 aliphatic carbocycles. The maximum atomic E-state index is 12.2. The molecule has 92 valence electrons. The Labute approximate surface area is 105 Å². The van der Waals surface area contributed by atoms with Gasteiger partial charge in [-0.2, -0.15) is 14.3 Å². The largest absolute Gasteiger partial charge is 0.500 e. The fraction of sp³-hybridized carbons (Fsp3) is 0.583. The summed E-state index contributed by atoms with van der Waals surface area (Å²) in [5.74, 6) is -0.0573. The van der Waals surface area contributed by atoms with Gasteiger partial charge in [-0.25, -0.2) is 4.79 Å². The molecular weight excluding hydrogens is 236 g/mol. The van der Waals surface area contributed by atoms with Gasteiger partial charge in [-0.1, -0.05) is 13.3 Å². The molecule has 0 spiro atoms. The molecule has 3 amide bonds. The average molecular weight is 253 g/mol. The maximum absolute atomic E-state index is 12.2. The average Bonchev–Trinajstić information content (AvgIpc) is 2.79. The quantitative estimate of drug-likeness (QED) is 0.718. The van der Waals surface area contributed by atoms with Crippen LogP contribution in [-0.2, 0) is 4.79 Å². The molecule has 0 fully saturated rings. The van der Waals surface area contributed by atoms with Gasteiger partial charge in [0, 0.05) is 0 Å². The van der Waals surface area contributed by atoms with E-state index in [1.165, 1.54) is 16.7 Å². The zero-order valence-electron chi connectivity index (χ0n) is 10.2. The summed E-state index contributed by atoms with van der Waals surface area (Å²) < 4.78 is 1.71. The number of unbranched alkanes of at least 4 members (excludes halogenated alkanes) is 1. The second-order valence-electron chi connectivity index (χ2n) is 4.11. The molecule has 2 rings (SSSR count). The molecule has 0 aromatic carbocycles. The van der Waals surface area contributed by atoms with Gasteiger partial charge in [0.25, 0.3) is 0 Å². The number of thioether (sulfide) groups is 1. The van der Waals surface area contributed by atoms with E-state index < -0.39 is 0 Å². The van der Waals surface area contributed by atoms with Crippen LogP contribution in [0.3, 0.4) is 0 Å². The molecule has 0 bridgehead atoms. The van der Waals surface area contributed by atoms with Gasteiger partial charge >= 0.3 is 11.9 Å². The minimum Gasteiger partial charge on any atom is -0.245 e. The van der Waals surface area contributed by atoms with Crippen molar-refractivity contribution in [2.75, 3.05) is 13.1 Å². The second kappa shape index (κ2) is 5.04. The molecule has 5 heteroatoms. The van der Waals surface area contributed by atoms with Gasteiger partial charge in [0.05, 0.1) is 13.1 Å². The number of nitrogens with zero attached hydrogens (tertiary/aromatic N) is 2. The number of carbonyl (C=O) groups excluding carboxylic acids is 2. The molecule has 0 N–H and O–H groups in total. The van der Waals surface area contributed by atoms with Crippen molar-refractivity contribution in [3.05, 3.63) is 11.5 Å². The second-order valence-corrected chi connectivity index (χ2v) is 5.13. The molecule has 0 aromatic rings. The first-order valence-electron chi connectivity index (χ1n) is 6.02. The summed E-state index contributed by atoms with van der Waals surface area (Å²) in [5.41, 5.74) is 0.847. The number of hydrogen-bond acceptors (Lipinski definition) is 3. The van der Waals surface area contributed by atoms with Crippen LogP contribution in [-0.4, -0.2) is 45.5 Å². The summed E-state index contributed by atoms with van der Waals surface area (Å²) >= 11 is 1.49. The van der Waals surface area contributed by atoms with Crippen LogP contribution >= 0.6 is 11.8 Å². The van der Waals surface area contributed by atoms with Crippen LogP contribution < -0.4 is 0 Å². The molecule has 17 heavy (non-hydrogen) atoms. The molecule has 2 aliphatic rings. The Morgan fingerprint density at radius 2 is 2.18 bits per heavy atom. The van der Waals surface area contributed by atoms with E-state index >= 15 is 0 Å². The number of rotatable bonds is 4. The minimum absolute atomic E-state index is 0.0573. The number of fused-ring (bicyclic) bond motifs is 1. The molecule has 0 saturated heterocycles. The molecule has 0 aromatic heterocycles. The van der Waals surface area contributed by atoms with Crippen molar-refractivity contribution in [1.29, 1.82) is 0 Å². The maximum Gasteiger partial charge on any atom is 0.500 e. The third kappa shape index (κ3) is 2.04. The normalized spacial score (nSPS) is 23.6. The van der Waals surface area contributed by atoms with Crippen LogP contribution in [0.4, 0.5) is 4.79 Å². The Kier molecular flexibility index (Phi) is 3.66. The van der Waals surface area contributed by atoms with E-state index in [0.29, 0.717) is 13.1 Å². The van der Waals surface area contributed by atoms with Gasteiger partial charge in [0.15, 0.2) is 5.25 Å². The number of hydrogen-bond donors (Lipinski definition) is 0. The van der Waals surface area contributed by atoms with Gasteiger partial charge in [-0.15, -0.1) is 11.8 Å². The summed E-state index contributed by atoms with van der Waals surface area (Å²) in [7, 11) is 0. The summed E-state index contributed by atoms with van der Waals surface area (Å²) in [6.07, 6.45) is 3.73. The SMILES string of the molecule is CCCCN1C(=O)C2SC=CC2=[N+](CC)C1=O. The Hall–Kier alpha value is -1.10. The fourth-order valence-electron chi connectivity index (χ4n) is 2.09. The van der Waals surface area contributed by atoms with Gasteiger partial charge in [-0.05, 0) is 24.8 Å². The molecule has 0 saturated carbocycles. The highest BCUT2D eigenvalue weighted by molar-refractivity contribution is 8.04. The summed E-state index contributed by atoms with van der Waals surface area (Å²) in [6.45, 7) is 5.15. The predicted molar refractivity (Wildman–Crippen MR) is 68.3 cm³/mol. The first-order chi connectivity index (χ1) is 8.20. The number of amides is 3. The van der Waals surface area contributed by atoms with Crippen LogP contribution in [0.15, 0.2) is 11.5 Å². The van der Waals surface area contributed by atoms with Crippen molar-refractivity contribution < 1.29 is 14.2 Å². The van der Waals surface area contributed by atoms with Crippen molar-refractivity contribution in [3.8, 4) is 0 Å². The predicted octanol–water partition coefficient (Wildman–Crippen LogP) is 1.85. The molecule has 4 nitrogen and oxygen atoms in total. The lowest BCUT2D eigenvalue weighted by Crippen LogP contribution is -2.55. The number of allylic oxidation sites excluding steroid dienone is 1. The van der Waals surface area contributed by atoms with E-state index in [4.69, 9.17) is 0 Å². The third-order valence-corrected chi connectivity index (χ3v) is 4.05. The van der Waals surface area contributed by atoms with Gasteiger partial charge in [-0.3, -0.25) is 0 Å². The van der Waals surface area contributed by atoms with Gasteiger partial charge in [0.2, 0.25) is 0 Å². The highest BCUT2D eigenvalue weighted by Gasteiger charge is 2.47. The molecule has 1 atom stereocenters. The van der Waals surface area contributed by atoms with E-state index in [1.807, 2.05) is 18.4 Å². The number of urea groups is 1. The van der Waals surface area contributed by atoms with E-state index in [-0.39, 0.29) is 17.2 Å². The monoisotopic (exact) mass is 253 g/mol. The van der Waals surface area contributed by atoms with Gasteiger partial charge < -0.3 is 0 Å². The van der Waals surface area contributed by atoms with Crippen molar-refractivity contribution in [2.24, 2.45) is 0 Å². The number of carbonyl (C=O) groups is 2. The van der Waals surface area contributed by atoms with Crippen LogP contribution in [0.2, 0.25) is 0 Å². The lowest BCUT2D eigenvalue weighted by Gasteiger charge is -2.23. The van der Waals surface area contributed by atoms with Crippen molar-refractivity contribution in [2.45, 2.75) is 31.9 Å².